The summed E-state index contributed by atoms with van der Waals surface area (Å²) >= 11 is 0. The summed E-state index contributed by atoms with van der Waals surface area (Å²) in [7, 11) is 0. The van der Waals surface area contributed by atoms with Gasteiger partial charge in [-0.1, -0.05) is 43.5 Å². The second-order valence-electron chi connectivity index (χ2n) is 6.95. The number of hydrogen-bond acceptors (Lipinski definition) is 2. The quantitative estimate of drug-likeness (QED) is 0.672. The van der Waals surface area contributed by atoms with Crippen molar-refractivity contribution in [3.8, 4) is 11.1 Å². The summed E-state index contributed by atoms with van der Waals surface area (Å²) in [6.45, 7) is 0. The molecule has 4 heteroatoms. The Morgan fingerprint density at radius 3 is 2.65 bits per heavy atom. The molecular weight excluding hydrogens is 322 g/mol. The zero-order valence-corrected chi connectivity index (χ0v) is 14.7. The minimum absolute atomic E-state index is 0.114. The predicted molar refractivity (Wildman–Crippen MR) is 106 cm³/mol. The van der Waals surface area contributed by atoms with Crippen molar-refractivity contribution in [2.24, 2.45) is 0 Å². The Kier molecular flexibility index (Phi) is 4.82. The number of amides is 2. The Labute approximate surface area is 153 Å². The molecule has 0 bridgehead atoms. The highest BCUT2D eigenvalue weighted by Gasteiger charge is 2.15. The van der Waals surface area contributed by atoms with Crippen molar-refractivity contribution in [3.63, 3.8) is 0 Å². The first-order valence-electron chi connectivity index (χ1n) is 9.30. The van der Waals surface area contributed by atoms with Crippen LogP contribution in [0.25, 0.3) is 21.9 Å². The lowest BCUT2D eigenvalue weighted by Gasteiger charge is -2.22. The fourth-order valence-electron chi connectivity index (χ4n) is 3.64. The van der Waals surface area contributed by atoms with E-state index in [4.69, 9.17) is 0 Å². The zero-order valence-electron chi connectivity index (χ0n) is 14.7. The predicted octanol–water partition coefficient (Wildman–Crippen LogP) is 5.36. The first-order valence-corrected chi connectivity index (χ1v) is 9.30. The number of nitrogens with one attached hydrogen (secondary N) is 2. The highest BCUT2D eigenvalue weighted by atomic mass is 16.2. The number of carbonyl (C=O) groups excluding carboxylic acids is 1. The summed E-state index contributed by atoms with van der Waals surface area (Å²) in [6, 6.07) is 16.5. The lowest BCUT2D eigenvalue weighted by atomic mass is 9.96. The minimum Gasteiger partial charge on any atom is -0.335 e. The molecule has 2 aromatic carbocycles. The number of urea groups is 1. The van der Waals surface area contributed by atoms with Crippen LogP contribution < -0.4 is 10.6 Å². The Bertz CT molecular complexity index is 916. The third-order valence-electron chi connectivity index (χ3n) is 5.03. The third-order valence-corrected chi connectivity index (χ3v) is 5.03. The molecule has 0 saturated heterocycles. The Balaban J connectivity index is 1.49. The summed E-state index contributed by atoms with van der Waals surface area (Å²) in [5, 5.41) is 8.35. The van der Waals surface area contributed by atoms with Gasteiger partial charge in [0.2, 0.25) is 0 Å². The Morgan fingerprint density at radius 1 is 0.923 bits per heavy atom. The molecule has 0 unspecified atom stereocenters. The van der Waals surface area contributed by atoms with Gasteiger partial charge >= 0.3 is 6.03 Å². The molecule has 26 heavy (non-hydrogen) atoms. The van der Waals surface area contributed by atoms with Crippen LogP contribution in [0.2, 0.25) is 0 Å². The number of rotatable bonds is 3. The molecular formula is C22H23N3O. The molecule has 1 aliphatic rings. The highest BCUT2D eigenvalue weighted by Crippen LogP contribution is 2.26. The number of pyridine rings is 1. The van der Waals surface area contributed by atoms with E-state index in [1.54, 1.807) is 6.20 Å². The van der Waals surface area contributed by atoms with E-state index in [1.165, 1.54) is 24.6 Å². The van der Waals surface area contributed by atoms with E-state index in [0.717, 1.165) is 35.0 Å². The van der Waals surface area contributed by atoms with Crippen LogP contribution in [0.4, 0.5) is 10.5 Å². The van der Waals surface area contributed by atoms with Crippen LogP contribution in [0, 0.1) is 0 Å². The van der Waals surface area contributed by atoms with Crippen molar-refractivity contribution in [2.45, 2.75) is 38.1 Å². The van der Waals surface area contributed by atoms with Gasteiger partial charge < -0.3 is 10.6 Å². The van der Waals surface area contributed by atoms with E-state index in [1.807, 2.05) is 30.5 Å². The van der Waals surface area contributed by atoms with Crippen molar-refractivity contribution < 1.29 is 4.79 Å². The van der Waals surface area contributed by atoms with Gasteiger partial charge in [0.1, 0.15) is 0 Å². The molecule has 0 aliphatic heterocycles. The van der Waals surface area contributed by atoms with Crippen LogP contribution in [0.3, 0.4) is 0 Å². The van der Waals surface area contributed by atoms with Crippen LogP contribution in [-0.2, 0) is 0 Å². The molecule has 1 heterocycles. The van der Waals surface area contributed by atoms with Gasteiger partial charge in [0, 0.05) is 29.5 Å². The molecule has 0 radical (unpaired) electrons. The number of hydrogen-bond donors (Lipinski definition) is 2. The first-order chi connectivity index (χ1) is 12.8. The average Bonchev–Trinajstić information content (AvgIpc) is 2.68. The van der Waals surface area contributed by atoms with E-state index in [-0.39, 0.29) is 6.03 Å². The summed E-state index contributed by atoms with van der Waals surface area (Å²) in [5.41, 5.74) is 3.00. The van der Waals surface area contributed by atoms with Crippen molar-refractivity contribution in [1.82, 2.24) is 10.3 Å². The van der Waals surface area contributed by atoms with Gasteiger partial charge in [-0.05, 0) is 53.6 Å². The van der Waals surface area contributed by atoms with Crippen LogP contribution in [0.5, 0.6) is 0 Å². The van der Waals surface area contributed by atoms with Crippen LogP contribution >= 0.6 is 0 Å². The molecule has 1 aromatic heterocycles. The second kappa shape index (κ2) is 7.56. The van der Waals surface area contributed by atoms with Gasteiger partial charge in [-0.15, -0.1) is 0 Å². The smallest absolute Gasteiger partial charge is 0.319 e. The monoisotopic (exact) mass is 345 g/mol. The Morgan fingerprint density at radius 2 is 1.77 bits per heavy atom. The fraction of sp³-hybridized carbons (Fsp3) is 0.273. The maximum Gasteiger partial charge on any atom is 0.319 e. The van der Waals surface area contributed by atoms with Crippen molar-refractivity contribution >= 4 is 22.5 Å². The van der Waals surface area contributed by atoms with Crippen LogP contribution in [0.15, 0.2) is 60.9 Å². The number of benzene rings is 2. The molecule has 2 N–H and O–H groups in total. The van der Waals surface area contributed by atoms with E-state index in [9.17, 15) is 4.79 Å². The fourth-order valence-corrected chi connectivity index (χ4v) is 3.64. The molecule has 0 spiro atoms. The lowest BCUT2D eigenvalue weighted by Crippen LogP contribution is -2.39. The van der Waals surface area contributed by atoms with E-state index in [2.05, 4.69) is 39.9 Å². The molecule has 4 nitrogen and oxygen atoms in total. The van der Waals surface area contributed by atoms with Crippen LogP contribution in [0.1, 0.15) is 32.1 Å². The van der Waals surface area contributed by atoms with Gasteiger partial charge in [0.05, 0.1) is 0 Å². The molecule has 4 rings (SSSR count). The molecule has 0 atom stereocenters. The van der Waals surface area contributed by atoms with E-state index in [0.29, 0.717) is 6.04 Å². The molecule has 1 aliphatic carbocycles. The third kappa shape index (κ3) is 3.85. The molecule has 3 aromatic rings. The summed E-state index contributed by atoms with van der Waals surface area (Å²) < 4.78 is 0. The van der Waals surface area contributed by atoms with Gasteiger partial charge in [-0.25, -0.2) is 4.79 Å². The number of fused-ring (bicyclic) bond motifs is 1. The molecule has 132 valence electrons. The second-order valence-corrected chi connectivity index (χ2v) is 6.95. The number of nitrogens with zero attached hydrogens (tertiary/aromatic N) is 1. The topological polar surface area (TPSA) is 54.0 Å². The Hall–Kier alpha value is -2.88. The normalized spacial score (nSPS) is 14.9. The minimum atomic E-state index is -0.114. The van der Waals surface area contributed by atoms with Crippen LogP contribution in [-0.4, -0.2) is 17.1 Å². The van der Waals surface area contributed by atoms with E-state index >= 15 is 0 Å². The van der Waals surface area contributed by atoms with Crippen molar-refractivity contribution in [2.75, 3.05) is 5.32 Å². The largest absolute Gasteiger partial charge is 0.335 e. The number of anilines is 1. The van der Waals surface area contributed by atoms with Gasteiger partial charge in [-0.2, -0.15) is 0 Å². The maximum absolute atomic E-state index is 12.3. The van der Waals surface area contributed by atoms with Crippen molar-refractivity contribution in [1.29, 1.82) is 0 Å². The lowest BCUT2D eigenvalue weighted by molar-refractivity contribution is 0.244. The zero-order chi connectivity index (χ0) is 17.8. The SMILES string of the molecule is O=C(Nc1cccc(-c2ccc3ccncc3c2)c1)NC1CCCCC1. The summed E-state index contributed by atoms with van der Waals surface area (Å²) in [5.74, 6) is 0. The average molecular weight is 345 g/mol. The maximum atomic E-state index is 12.3. The molecule has 2 amide bonds. The number of carbonyl (C=O) groups is 1. The molecule has 1 saturated carbocycles. The van der Waals surface area contributed by atoms with Crippen molar-refractivity contribution in [3.05, 3.63) is 60.9 Å². The first kappa shape index (κ1) is 16.6. The van der Waals surface area contributed by atoms with E-state index < -0.39 is 0 Å². The van der Waals surface area contributed by atoms with Gasteiger partial charge in [0.25, 0.3) is 0 Å². The summed E-state index contributed by atoms with van der Waals surface area (Å²) in [4.78, 5) is 16.5. The molecule has 1 fully saturated rings. The van der Waals surface area contributed by atoms with Gasteiger partial charge in [-0.3, -0.25) is 4.98 Å². The number of aromatic nitrogens is 1. The summed E-state index contributed by atoms with van der Waals surface area (Å²) in [6.07, 6.45) is 9.53. The highest BCUT2D eigenvalue weighted by molar-refractivity contribution is 5.91. The van der Waals surface area contributed by atoms with Gasteiger partial charge in [0.15, 0.2) is 0 Å². The standard InChI is InChI=1S/C22H23N3O/c26-22(24-20-6-2-1-3-7-20)25-21-8-4-5-17(14-21)18-10-9-16-11-12-23-15-19(16)13-18/h4-5,8-15,20H,1-3,6-7H2,(H2,24,25,26).